The summed E-state index contributed by atoms with van der Waals surface area (Å²) in [7, 11) is 0. The molecule has 2 N–H and O–H groups in total. The summed E-state index contributed by atoms with van der Waals surface area (Å²) in [5, 5.41) is 13.4. The largest absolute Gasteiger partial charge is 0.389 e. The lowest BCUT2D eigenvalue weighted by atomic mass is 9.95. The minimum atomic E-state index is -0.881. The average molecular weight is 327 g/mol. The molecule has 3 rings (SSSR count). The number of carbonyl (C=O) groups is 1. The Balaban J connectivity index is 1.80. The molecule has 0 radical (unpaired) electrons. The van der Waals surface area contributed by atoms with Crippen LogP contribution in [0.25, 0.3) is 0 Å². The summed E-state index contributed by atoms with van der Waals surface area (Å²) in [5.41, 5.74) is 0.860. The van der Waals surface area contributed by atoms with E-state index in [0.29, 0.717) is 12.8 Å². The summed E-state index contributed by atoms with van der Waals surface area (Å²) in [6.45, 7) is 0. The first-order valence-corrected chi connectivity index (χ1v) is 8.38. The zero-order valence-corrected chi connectivity index (χ0v) is 13.5. The summed E-state index contributed by atoms with van der Waals surface area (Å²) >= 11 is 0. The van der Waals surface area contributed by atoms with Gasteiger partial charge in [-0.25, -0.2) is 4.39 Å². The van der Waals surface area contributed by atoms with Gasteiger partial charge in [-0.15, -0.1) is 0 Å². The number of benzene rings is 2. The summed E-state index contributed by atoms with van der Waals surface area (Å²) in [6.07, 6.45) is 3.38. The molecule has 1 fully saturated rings. The Morgan fingerprint density at radius 3 is 2.25 bits per heavy atom. The Morgan fingerprint density at radius 2 is 1.62 bits per heavy atom. The lowest BCUT2D eigenvalue weighted by Gasteiger charge is -2.25. The molecule has 0 aromatic heterocycles. The van der Waals surface area contributed by atoms with Crippen LogP contribution in [-0.4, -0.2) is 16.6 Å². The van der Waals surface area contributed by atoms with Gasteiger partial charge in [0, 0.05) is 0 Å². The SMILES string of the molecule is O=C(CC1(O)CCCC1)NC(c1ccccc1)c1ccc(F)cc1. The van der Waals surface area contributed by atoms with E-state index in [1.54, 1.807) is 12.1 Å². The Labute approximate surface area is 141 Å². The summed E-state index contributed by atoms with van der Waals surface area (Å²) in [4.78, 5) is 12.5. The van der Waals surface area contributed by atoms with Crippen LogP contribution in [0.15, 0.2) is 54.6 Å². The van der Waals surface area contributed by atoms with Gasteiger partial charge in [0.05, 0.1) is 18.1 Å². The zero-order chi connectivity index (χ0) is 17.0. The second-order valence-electron chi connectivity index (χ2n) is 6.57. The highest BCUT2D eigenvalue weighted by atomic mass is 19.1. The van der Waals surface area contributed by atoms with E-state index in [1.165, 1.54) is 12.1 Å². The maximum Gasteiger partial charge on any atom is 0.223 e. The Bertz CT molecular complexity index is 679. The van der Waals surface area contributed by atoms with Crippen molar-refractivity contribution in [2.45, 2.75) is 43.7 Å². The van der Waals surface area contributed by atoms with Crippen molar-refractivity contribution in [3.8, 4) is 0 Å². The second kappa shape index (κ2) is 7.14. The fourth-order valence-corrected chi connectivity index (χ4v) is 3.38. The normalized spacial score (nSPS) is 17.4. The van der Waals surface area contributed by atoms with Crippen molar-refractivity contribution in [2.75, 3.05) is 0 Å². The van der Waals surface area contributed by atoms with E-state index in [2.05, 4.69) is 5.32 Å². The van der Waals surface area contributed by atoms with E-state index in [1.807, 2.05) is 30.3 Å². The van der Waals surface area contributed by atoms with Crippen LogP contribution in [0.5, 0.6) is 0 Å². The smallest absolute Gasteiger partial charge is 0.223 e. The Morgan fingerprint density at radius 1 is 1.04 bits per heavy atom. The topological polar surface area (TPSA) is 49.3 Å². The number of carbonyl (C=O) groups excluding carboxylic acids is 1. The number of hydrogen-bond donors (Lipinski definition) is 2. The highest BCUT2D eigenvalue weighted by molar-refractivity contribution is 5.78. The molecule has 2 aromatic carbocycles. The Kier molecular flexibility index (Phi) is 4.95. The van der Waals surface area contributed by atoms with Gasteiger partial charge in [-0.1, -0.05) is 55.3 Å². The van der Waals surface area contributed by atoms with Crippen molar-refractivity contribution in [2.24, 2.45) is 0 Å². The zero-order valence-electron chi connectivity index (χ0n) is 13.5. The maximum absolute atomic E-state index is 13.2. The average Bonchev–Trinajstić information content (AvgIpc) is 3.00. The molecule has 24 heavy (non-hydrogen) atoms. The third kappa shape index (κ3) is 4.01. The summed E-state index contributed by atoms with van der Waals surface area (Å²) in [6, 6.07) is 15.4. The molecule has 0 heterocycles. The van der Waals surface area contributed by atoms with Crippen LogP contribution < -0.4 is 5.32 Å². The fourth-order valence-electron chi connectivity index (χ4n) is 3.38. The van der Waals surface area contributed by atoms with Crippen LogP contribution in [0.2, 0.25) is 0 Å². The summed E-state index contributed by atoms with van der Waals surface area (Å²) in [5.74, 6) is -0.491. The van der Waals surface area contributed by atoms with Gasteiger partial charge in [0.25, 0.3) is 0 Å². The monoisotopic (exact) mass is 327 g/mol. The molecule has 1 aliphatic rings. The standard InChI is InChI=1S/C20H22FNO2/c21-17-10-8-16(9-11-17)19(15-6-2-1-3-7-15)22-18(23)14-20(24)12-4-5-13-20/h1-3,6-11,19,24H,4-5,12-14H2,(H,22,23). The number of hydrogen-bond acceptors (Lipinski definition) is 2. The maximum atomic E-state index is 13.2. The van der Waals surface area contributed by atoms with Crippen LogP contribution >= 0.6 is 0 Å². The number of aliphatic hydroxyl groups is 1. The molecule has 1 unspecified atom stereocenters. The van der Waals surface area contributed by atoms with E-state index in [9.17, 15) is 14.3 Å². The van der Waals surface area contributed by atoms with Gasteiger partial charge >= 0.3 is 0 Å². The number of amides is 1. The highest BCUT2D eigenvalue weighted by Gasteiger charge is 2.34. The van der Waals surface area contributed by atoms with Gasteiger partial charge in [0.1, 0.15) is 5.82 Å². The van der Waals surface area contributed by atoms with Crippen molar-refractivity contribution >= 4 is 5.91 Å². The predicted octanol–water partition coefficient (Wildman–Crippen LogP) is 3.73. The molecule has 2 aromatic rings. The first-order valence-electron chi connectivity index (χ1n) is 8.38. The van der Waals surface area contributed by atoms with E-state index in [0.717, 1.165) is 24.0 Å². The molecule has 0 bridgehead atoms. The Hall–Kier alpha value is -2.20. The third-order valence-electron chi connectivity index (χ3n) is 4.67. The molecule has 0 saturated heterocycles. The van der Waals surface area contributed by atoms with E-state index in [4.69, 9.17) is 0 Å². The van der Waals surface area contributed by atoms with Gasteiger partial charge in [-0.3, -0.25) is 4.79 Å². The molecule has 1 saturated carbocycles. The molecular weight excluding hydrogens is 305 g/mol. The summed E-state index contributed by atoms with van der Waals surface area (Å²) < 4.78 is 13.2. The third-order valence-corrected chi connectivity index (χ3v) is 4.67. The van der Waals surface area contributed by atoms with Crippen LogP contribution in [-0.2, 0) is 4.79 Å². The van der Waals surface area contributed by atoms with E-state index < -0.39 is 5.60 Å². The molecule has 126 valence electrons. The number of rotatable bonds is 5. The van der Waals surface area contributed by atoms with Gasteiger partial charge < -0.3 is 10.4 Å². The number of halogens is 1. The molecular formula is C20H22FNO2. The predicted molar refractivity (Wildman–Crippen MR) is 90.9 cm³/mol. The molecule has 4 heteroatoms. The van der Waals surface area contributed by atoms with E-state index >= 15 is 0 Å². The molecule has 1 atom stereocenters. The second-order valence-corrected chi connectivity index (χ2v) is 6.57. The number of nitrogens with one attached hydrogen (secondary N) is 1. The van der Waals surface area contributed by atoms with Gasteiger partial charge in [0.15, 0.2) is 0 Å². The van der Waals surface area contributed by atoms with Crippen LogP contribution in [0.4, 0.5) is 4.39 Å². The van der Waals surface area contributed by atoms with Crippen molar-refractivity contribution < 1.29 is 14.3 Å². The van der Waals surface area contributed by atoms with E-state index in [-0.39, 0.29) is 24.2 Å². The quantitative estimate of drug-likeness (QED) is 0.879. The first-order chi connectivity index (χ1) is 11.6. The molecule has 3 nitrogen and oxygen atoms in total. The van der Waals surface area contributed by atoms with Crippen LogP contribution in [0.3, 0.4) is 0 Å². The highest BCUT2D eigenvalue weighted by Crippen LogP contribution is 2.32. The van der Waals surface area contributed by atoms with Gasteiger partial charge in [-0.2, -0.15) is 0 Å². The van der Waals surface area contributed by atoms with Crippen molar-refractivity contribution in [1.29, 1.82) is 0 Å². The van der Waals surface area contributed by atoms with Crippen molar-refractivity contribution in [1.82, 2.24) is 5.32 Å². The lowest BCUT2D eigenvalue weighted by Crippen LogP contribution is -2.36. The minimum absolute atomic E-state index is 0.109. The van der Waals surface area contributed by atoms with Crippen molar-refractivity contribution in [3.05, 3.63) is 71.5 Å². The van der Waals surface area contributed by atoms with Gasteiger partial charge in [-0.05, 0) is 36.1 Å². The molecule has 1 aliphatic carbocycles. The first kappa shape index (κ1) is 16.7. The molecule has 0 spiro atoms. The van der Waals surface area contributed by atoms with Crippen molar-refractivity contribution in [3.63, 3.8) is 0 Å². The molecule has 1 amide bonds. The lowest BCUT2D eigenvalue weighted by molar-refractivity contribution is -0.126. The van der Waals surface area contributed by atoms with Crippen LogP contribution in [0, 0.1) is 5.82 Å². The fraction of sp³-hybridized carbons (Fsp3) is 0.350. The van der Waals surface area contributed by atoms with Crippen LogP contribution in [0.1, 0.15) is 49.3 Å². The molecule has 0 aliphatic heterocycles. The minimum Gasteiger partial charge on any atom is -0.389 e. The van der Waals surface area contributed by atoms with Gasteiger partial charge in [0.2, 0.25) is 5.91 Å².